The maximum atomic E-state index is 13.0. The van der Waals surface area contributed by atoms with Gasteiger partial charge in [0.15, 0.2) is 11.5 Å². The molecule has 1 unspecified atom stereocenters. The van der Waals surface area contributed by atoms with Gasteiger partial charge in [-0.05, 0) is 32.4 Å². The van der Waals surface area contributed by atoms with Crippen molar-refractivity contribution in [2.75, 3.05) is 7.11 Å². The van der Waals surface area contributed by atoms with Gasteiger partial charge in [0.05, 0.1) is 41.4 Å². The van der Waals surface area contributed by atoms with Crippen LogP contribution in [0.4, 0.5) is 10.5 Å². The van der Waals surface area contributed by atoms with Crippen molar-refractivity contribution in [3.8, 4) is 11.5 Å². The van der Waals surface area contributed by atoms with Gasteiger partial charge in [0, 0.05) is 5.70 Å². The molecular formula is C23H25N3O7. The molecule has 0 fully saturated rings. The number of amides is 2. The van der Waals surface area contributed by atoms with Crippen LogP contribution in [0.5, 0.6) is 11.5 Å². The lowest BCUT2D eigenvalue weighted by Crippen LogP contribution is -2.45. The third kappa shape index (κ3) is 5.40. The van der Waals surface area contributed by atoms with Gasteiger partial charge in [-0.3, -0.25) is 10.1 Å². The third-order valence-electron chi connectivity index (χ3n) is 4.89. The summed E-state index contributed by atoms with van der Waals surface area (Å²) in [7, 11) is 1.37. The predicted molar refractivity (Wildman–Crippen MR) is 119 cm³/mol. The fourth-order valence-electron chi connectivity index (χ4n) is 3.46. The molecular weight excluding hydrogens is 430 g/mol. The van der Waals surface area contributed by atoms with E-state index in [0.29, 0.717) is 0 Å². The number of benzene rings is 2. The molecule has 1 aliphatic rings. The first-order valence-corrected chi connectivity index (χ1v) is 10.2. The Hall–Kier alpha value is -4.08. The van der Waals surface area contributed by atoms with Gasteiger partial charge in [0.1, 0.15) is 6.61 Å². The van der Waals surface area contributed by atoms with Crippen LogP contribution in [0.2, 0.25) is 0 Å². The van der Waals surface area contributed by atoms with Crippen molar-refractivity contribution in [3.63, 3.8) is 0 Å². The Morgan fingerprint density at radius 3 is 2.48 bits per heavy atom. The van der Waals surface area contributed by atoms with E-state index in [1.54, 1.807) is 26.0 Å². The molecule has 2 amide bonds. The van der Waals surface area contributed by atoms with Crippen LogP contribution in [0.15, 0.2) is 53.7 Å². The molecule has 2 aromatic carbocycles. The van der Waals surface area contributed by atoms with Gasteiger partial charge in [0.25, 0.3) is 5.69 Å². The minimum atomic E-state index is -1.14. The van der Waals surface area contributed by atoms with Gasteiger partial charge in [-0.2, -0.15) is 0 Å². The molecule has 0 aliphatic carbocycles. The maximum absolute atomic E-state index is 13.0. The fourth-order valence-corrected chi connectivity index (χ4v) is 3.46. The first kappa shape index (κ1) is 23.6. The number of nitrogens with one attached hydrogen (secondary N) is 2. The second-order valence-corrected chi connectivity index (χ2v) is 7.62. The zero-order valence-electron chi connectivity index (χ0n) is 18.7. The lowest BCUT2D eigenvalue weighted by Gasteiger charge is -2.28. The number of esters is 1. The van der Waals surface area contributed by atoms with Crippen LogP contribution in [0.3, 0.4) is 0 Å². The van der Waals surface area contributed by atoms with Crippen LogP contribution >= 0.6 is 0 Å². The van der Waals surface area contributed by atoms with Crippen LogP contribution < -0.4 is 20.1 Å². The zero-order chi connectivity index (χ0) is 24.1. The summed E-state index contributed by atoms with van der Waals surface area (Å²) in [5.41, 5.74) is 0.790. The Balaban J connectivity index is 2.05. The van der Waals surface area contributed by atoms with E-state index >= 15 is 0 Å². The summed E-state index contributed by atoms with van der Waals surface area (Å²) in [4.78, 5) is 36.5. The van der Waals surface area contributed by atoms with E-state index in [1.807, 2.05) is 18.2 Å². The van der Waals surface area contributed by atoms with E-state index in [9.17, 15) is 19.7 Å². The minimum absolute atomic E-state index is 0.00351. The highest BCUT2D eigenvalue weighted by atomic mass is 16.6. The smallest absolute Gasteiger partial charge is 0.338 e. The second-order valence-electron chi connectivity index (χ2n) is 7.62. The van der Waals surface area contributed by atoms with Gasteiger partial charge in [0.2, 0.25) is 0 Å². The molecule has 0 radical (unpaired) electrons. The number of nitro groups is 1. The summed E-state index contributed by atoms with van der Waals surface area (Å²) >= 11 is 0. The molecule has 2 N–H and O–H groups in total. The number of rotatable bonds is 8. The van der Waals surface area contributed by atoms with E-state index in [1.165, 1.54) is 26.2 Å². The molecule has 0 bridgehead atoms. The van der Waals surface area contributed by atoms with Gasteiger partial charge in [-0.1, -0.05) is 30.3 Å². The summed E-state index contributed by atoms with van der Waals surface area (Å²) in [5, 5.41) is 17.0. The van der Waals surface area contributed by atoms with Crippen molar-refractivity contribution in [3.05, 3.63) is 75.0 Å². The molecule has 10 heteroatoms. The van der Waals surface area contributed by atoms with E-state index in [0.717, 1.165) is 5.56 Å². The summed E-state index contributed by atoms with van der Waals surface area (Å²) < 4.78 is 16.5. The number of nitrogens with zero attached hydrogens (tertiary/aromatic N) is 1. The minimum Gasteiger partial charge on any atom is -0.493 e. The number of urea groups is 1. The van der Waals surface area contributed by atoms with Crippen LogP contribution in [0.1, 0.15) is 37.9 Å². The van der Waals surface area contributed by atoms with Crippen LogP contribution in [0.25, 0.3) is 0 Å². The largest absolute Gasteiger partial charge is 0.493 e. The number of allylic oxidation sites excluding steroid dienone is 1. The molecule has 1 heterocycles. The highest BCUT2D eigenvalue weighted by Gasteiger charge is 2.37. The second kappa shape index (κ2) is 10.0. The van der Waals surface area contributed by atoms with Crippen molar-refractivity contribution in [1.29, 1.82) is 0 Å². The molecule has 174 valence electrons. The van der Waals surface area contributed by atoms with Crippen molar-refractivity contribution in [2.45, 2.75) is 39.5 Å². The van der Waals surface area contributed by atoms with Crippen LogP contribution in [0, 0.1) is 10.1 Å². The number of carbonyl (C=O) groups is 2. The molecule has 1 atom stereocenters. The molecule has 0 spiro atoms. The number of hydrogen-bond donors (Lipinski definition) is 2. The van der Waals surface area contributed by atoms with Crippen molar-refractivity contribution in [1.82, 2.24) is 10.6 Å². The summed E-state index contributed by atoms with van der Waals surface area (Å²) in [5.74, 6) is -0.311. The molecule has 1 aliphatic heterocycles. The Kier molecular flexibility index (Phi) is 7.17. The first-order valence-electron chi connectivity index (χ1n) is 10.2. The average molecular weight is 455 g/mol. The van der Waals surface area contributed by atoms with Gasteiger partial charge in [-0.15, -0.1) is 0 Å². The van der Waals surface area contributed by atoms with Gasteiger partial charge < -0.3 is 24.8 Å². The highest BCUT2D eigenvalue weighted by molar-refractivity contribution is 5.95. The zero-order valence-corrected chi connectivity index (χ0v) is 18.7. The number of nitro benzene ring substituents is 1. The monoisotopic (exact) mass is 455 g/mol. The number of hydrogen-bond acceptors (Lipinski definition) is 7. The molecule has 0 aromatic heterocycles. The van der Waals surface area contributed by atoms with Crippen LogP contribution in [-0.4, -0.2) is 30.1 Å². The molecule has 10 nitrogen and oxygen atoms in total. The van der Waals surface area contributed by atoms with Gasteiger partial charge >= 0.3 is 12.0 Å². The van der Waals surface area contributed by atoms with Crippen molar-refractivity contribution < 1.29 is 28.7 Å². The maximum Gasteiger partial charge on any atom is 0.338 e. The summed E-state index contributed by atoms with van der Waals surface area (Å²) in [6, 6.07) is 9.96. The summed E-state index contributed by atoms with van der Waals surface area (Å²) in [6.45, 7) is 5.13. The molecule has 2 aromatic rings. The fraction of sp³-hybridized carbons (Fsp3) is 0.304. The average Bonchev–Trinajstić information content (AvgIpc) is 2.76. The Labute approximate surface area is 190 Å². The lowest BCUT2D eigenvalue weighted by atomic mass is 9.93. The van der Waals surface area contributed by atoms with Crippen LogP contribution in [-0.2, 0) is 16.1 Å². The van der Waals surface area contributed by atoms with E-state index in [2.05, 4.69) is 10.6 Å². The normalized spacial score (nSPS) is 15.5. The predicted octanol–water partition coefficient (Wildman–Crippen LogP) is 3.76. The van der Waals surface area contributed by atoms with Gasteiger partial charge in [-0.25, -0.2) is 9.59 Å². The molecule has 0 saturated heterocycles. The Morgan fingerprint density at radius 1 is 1.18 bits per heavy atom. The van der Waals surface area contributed by atoms with E-state index in [-0.39, 0.29) is 46.7 Å². The Morgan fingerprint density at radius 2 is 1.88 bits per heavy atom. The first-order chi connectivity index (χ1) is 15.7. The number of carbonyl (C=O) groups excluding carboxylic acids is 2. The van der Waals surface area contributed by atoms with E-state index < -0.39 is 23.0 Å². The Bertz CT molecular complexity index is 1100. The number of ether oxygens (including phenoxy) is 3. The lowest BCUT2D eigenvalue weighted by molar-refractivity contribution is -0.385. The summed E-state index contributed by atoms with van der Waals surface area (Å²) in [6.07, 6.45) is -0.247. The number of methoxy groups -OCH3 is 1. The van der Waals surface area contributed by atoms with E-state index in [4.69, 9.17) is 14.2 Å². The topological polar surface area (TPSA) is 129 Å². The highest BCUT2D eigenvalue weighted by Crippen LogP contribution is 2.41. The standard InChI is InChI=1S/C23H25N3O7/c1-13(2)33-19-10-16(17(26(29)30)11-18(19)31-4)21-20(14(3)24-23(28)25-21)22(27)32-12-15-8-6-5-7-9-15/h5-11,13,21H,12H2,1-4H3,(H2,24,25,28). The molecule has 33 heavy (non-hydrogen) atoms. The third-order valence-corrected chi connectivity index (χ3v) is 4.89. The van der Waals surface area contributed by atoms with Crippen molar-refractivity contribution in [2.24, 2.45) is 0 Å². The molecule has 3 rings (SSSR count). The SMILES string of the molecule is COc1cc([N+](=O)[O-])c(C2NC(=O)NC(C)=C2C(=O)OCc2ccccc2)cc1OC(C)C. The molecule has 0 saturated carbocycles. The quantitative estimate of drug-likeness (QED) is 0.352. The van der Waals surface area contributed by atoms with Crippen molar-refractivity contribution >= 4 is 17.7 Å².